The van der Waals surface area contributed by atoms with Crippen LogP contribution in [-0.4, -0.2) is 6.54 Å². The molecule has 0 atom stereocenters. The summed E-state index contributed by atoms with van der Waals surface area (Å²) in [6, 6.07) is 0. The Balaban J connectivity index is 0.000000310. The van der Waals surface area contributed by atoms with Gasteiger partial charge in [0.1, 0.15) is 0 Å². The zero-order valence-electron chi connectivity index (χ0n) is 9.52. The van der Waals surface area contributed by atoms with Gasteiger partial charge in [-0.25, -0.2) is 0 Å². The van der Waals surface area contributed by atoms with Gasteiger partial charge in [0.15, 0.2) is 0 Å². The second-order valence-electron chi connectivity index (χ2n) is 4.08. The number of hydrogen-bond donors (Lipinski definition) is 1. The summed E-state index contributed by atoms with van der Waals surface area (Å²) in [5, 5.41) is 0. The van der Waals surface area contributed by atoms with E-state index in [0.29, 0.717) is 0 Å². The molecule has 1 heteroatoms. The van der Waals surface area contributed by atoms with Gasteiger partial charge in [0, 0.05) is 0 Å². The van der Waals surface area contributed by atoms with Gasteiger partial charge in [-0.05, 0) is 18.9 Å². The van der Waals surface area contributed by atoms with Crippen LogP contribution in [0.3, 0.4) is 0 Å². The van der Waals surface area contributed by atoms with Gasteiger partial charge >= 0.3 is 0 Å². The molecule has 0 aromatic rings. The first kappa shape index (κ1) is 13.0. The lowest BCUT2D eigenvalue weighted by Gasteiger charge is -2.20. The lowest BCUT2D eigenvalue weighted by Crippen LogP contribution is -2.04. The standard InChI is InChI=1S/C9H18.C3H9N/c1-2-6-9-7-4-3-5-8-9;1-2-3-4/h9H,2-8H2,1H3;2-4H2,1H3. The number of nitrogens with two attached hydrogens (primary N) is 1. The van der Waals surface area contributed by atoms with E-state index < -0.39 is 0 Å². The molecule has 1 saturated carbocycles. The molecule has 0 bridgehead atoms. The van der Waals surface area contributed by atoms with Crippen molar-refractivity contribution in [2.75, 3.05) is 6.54 Å². The largest absolute Gasteiger partial charge is 0.330 e. The zero-order valence-corrected chi connectivity index (χ0v) is 9.52. The van der Waals surface area contributed by atoms with Crippen molar-refractivity contribution in [1.82, 2.24) is 0 Å². The fourth-order valence-electron chi connectivity index (χ4n) is 1.88. The number of hydrogen-bond acceptors (Lipinski definition) is 1. The molecule has 1 rings (SSSR count). The molecule has 80 valence electrons. The second-order valence-corrected chi connectivity index (χ2v) is 4.08. The molecule has 0 saturated heterocycles. The van der Waals surface area contributed by atoms with Crippen molar-refractivity contribution in [2.24, 2.45) is 11.7 Å². The van der Waals surface area contributed by atoms with E-state index in [4.69, 9.17) is 5.73 Å². The highest BCUT2D eigenvalue weighted by Gasteiger charge is 2.10. The first-order chi connectivity index (χ1) is 6.35. The minimum atomic E-state index is 0.819. The molecule has 1 fully saturated rings. The van der Waals surface area contributed by atoms with Crippen LogP contribution in [-0.2, 0) is 0 Å². The van der Waals surface area contributed by atoms with Crippen molar-refractivity contribution < 1.29 is 0 Å². The monoisotopic (exact) mass is 185 g/mol. The SMILES string of the molecule is CCCC1CCCCC1.CCCN. The van der Waals surface area contributed by atoms with Crippen LogP contribution in [0.1, 0.15) is 65.2 Å². The molecule has 0 spiro atoms. The van der Waals surface area contributed by atoms with Crippen molar-refractivity contribution in [3.8, 4) is 0 Å². The average Bonchev–Trinajstić information content (AvgIpc) is 2.20. The van der Waals surface area contributed by atoms with Crippen LogP contribution in [0, 0.1) is 5.92 Å². The lowest BCUT2D eigenvalue weighted by molar-refractivity contribution is 0.336. The lowest BCUT2D eigenvalue weighted by atomic mass is 9.86. The summed E-state index contributed by atoms with van der Waals surface area (Å²) in [5.74, 6) is 1.10. The molecule has 1 aliphatic rings. The highest BCUT2D eigenvalue weighted by Crippen LogP contribution is 2.26. The normalized spacial score (nSPS) is 17.8. The van der Waals surface area contributed by atoms with Crippen LogP contribution in [0.2, 0.25) is 0 Å². The highest BCUT2D eigenvalue weighted by atomic mass is 14.5. The van der Waals surface area contributed by atoms with Crippen LogP contribution in [0.5, 0.6) is 0 Å². The van der Waals surface area contributed by atoms with Gasteiger partial charge in [0.05, 0.1) is 0 Å². The van der Waals surface area contributed by atoms with Crippen LogP contribution >= 0.6 is 0 Å². The van der Waals surface area contributed by atoms with E-state index >= 15 is 0 Å². The van der Waals surface area contributed by atoms with Gasteiger partial charge in [-0.2, -0.15) is 0 Å². The summed E-state index contributed by atoms with van der Waals surface area (Å²) in [7, 11) is 0. The zero-order chi connectivity index (χ0) is 9.94. The van der Waals surface area contributed by atoms with Crippen LogP contribution in [0.25, 0.3) is 0 Å². The Kier molecular flexibility index (Phi) is 10.0. The van der Waals surface area contributed by atoms with E-state index in [9.17, 15) is 0 Å². The predicted molar refractivity (Wildman–Crippen MR) is 60.8 cm³/mol. The Morgan fingerprint density at radius 3 is 1.92 bits per heavy atom. The number of rotatable bonds is 3. The van der Waals surface area contributed by atoms with Gasteiger partial charge in [-0.1, -0.05) is 58.8 Å². The Labute approximate surface area is 84.1 Å². The predicted octanol–water partition coefficient (Wildman–Crippen LogP) is 3.72. The van der Waals surface area contributed by atoms with Gasteiger partial charge in [0.2, 0.25) is 0 Å². The fraction of sp³-hybridized carbons (Fsp3) is 1.00. The van der Waals surface area contributed by atoms with E-state index in [1.165, 1.54) is 44.9 Å². The van der Waals surface area contributed by atoms with Crippen LogP contribution in [0.15, 0.2) is 0 Å². The van der Waals surface area contributed by atoms with Crippen LogP contribution < -0.4 is 5.73 Å². The Hall–Kier alpha value is -0.0400. The maximum Gasteiger partial charge on any atom is -0.00799 e. The Bertz CT molecular complexity index is 80.4. The molecule has 1 aliphatic carbocycles. The highest BCUT2D eigenvalue weighted by molar-refractivity contribution is 4.64. The van der Waals surface area contributed by atoms with Crippen LogP contribution in [0.4, 0.5) is 0 Å². The van der Waals surface area contributed by atoms with Crippen molar-refractivity contribution in [1.29, 1.82) is 0 Å². The fourth-order valence-corrected chi connectivity index (χ4v) is 1.88. The molecule has 0 aliphatic heterocycles. The summed E-state index contributed by atoms with van der Waals surface area (Å²) in [5.41, 5.74) is 5.03. The molecule has 0 radical (unpaired) electrons. The Morgan fingerprint density at radius 2 is 1.54 bits per heavy atom. The van der Waals surface area contributed by atoms with Gasteiger partial charge < -0.3 is 5.73 Å². The first-order valence-electron chi connectivity index (χ1n) is 6.05. The second kappa shape index (κ2) is 10.0. The summed E-state index contributed by atoms with van der Waals surface area (Å²) in [6.07, 6.45) is 11.5. The average molecular weight is 185 g/mol. The first-order valence-corrected chi connectivity index (χ1v) is 6.05. The van der Waals surface area contributed by atoms with Crippen molar-refractivity contribution in [3.05, 3.63) is 0 Å². The summed E-state index contributed by atoms with van der Waals surface area (Å²) < 4.78 is 0. The third kappa shape index (κ3) is 8.29. The minimum Gasteiger partial charge on any atom is -0.330 e. The van der Waals surface area contributed by atoms with E-state index in [1.807, 2.05) is 0 Å². The molecular formula is C12H27N. The molecule has 0 aromatic carbocycles. The minimum absolute atomic E-state index is 0.819. The molecule has 2 N–H and O–H groups in total. The van der Waals surface area contributed by atoms with Crippen molar-refractivity contribution in [3.63, 3.8) is 0 Å². The summed E-state index contributed by atoms with van der Waals surface area (Å²) in [4.78, 5) is 0. The maximum atomic E-state index is 5.03. The third-order valence-corrected chi connectivity index (χ3v) is 2.71. The van der Waals surface area contributed by atoms with Crippen molar-refractivity contribution in [2.45, 2.75) is 65.2 Å². The van der Waals surface area contributed by atoms with Gasteiger partial charge in [0.25, 0.3) is 0 Å². The van der Waals surface area contributed by atoms with E-state index in [-0.39, 0.29) is 0 Å². The smallest absolute Gasteiger partial charge is 0.00799 e. The van der Waals surface area contributed by atoms with Gasteiger partial charge in [-0.3, -0.25) is 0 Å². The third-order valence-electron chi connectivity index (χ3n) is 2.71. The Morgan fingerprint density at radius 1 is 1.00 bits per heavy atom. The van der Waals surface area contributed by atoms with E-state index in [0.717, 1.165) is 18.9 Å². The summed E-state index contributed by atoms with van der Waals surface area (Å²) >= 11 is 0. The quantitative estimate of drug-likeness (QED) is 0.712. The summed E-state index contributed by atoms with van der Waals surface area (Å²) in [6.45, 7) is 5.18. The van der Waals surface area contributed by atoms with Gasteiger partial charge in [-0.15, -0.1) is 0 Å². The van der Waals surface area contributed by atoms with Crippen molar-refractivity contribution >= 4 is 0 Å². The molecule has 0 amide bonds. The molecule has 1 nitrogen and oxygen atoms in total. The topological polar surface area (TPSA) is 26.0 Å². The molecule has 0 unspecified atom stereocenters. The molecule has 13 heavy (non-hydrogen) atoms. The maximum absolute atomic E-state index is 5.03. The molecule has 0 aromatic heterocycles. The van der Waals surface area contributed by atoms with E-state index in [1.54, 1.807) is 0 Å². The molecule has 0 heterocycles. The molecular weight excluding hydrogens is 158 g/mol. The van der Waals surface area contributed by atoms with E-state index in [2.05, 4.69) is 13.8 Å².